The van der Waals surface area contributed by atoms with Crippen molar-refractivity contribution >= 4 is 56.4 Å². The highest BCUT2D eigenvalue weighted by Gasteiger charge is 2.54. The van der Waals surface area contributed by atoms with E-state index in [-0.39, 0.29) is 21.7 Å². The molecule has 1 saturated heterocycles. The highest BCUT2D eigenvalue weighted by molar-refractivity contribution is 7.84. The number of anilines is 1. The first-order chi connectivity index (χ1) is 20.1. The molecule has 0 radical (unpaired) electrons. The molecule has 1 aliphatic rings. The van der Waals surface area contributed by atoms with Gasteiger partial charge in [0.25, 0.3) is 11.8 Å². The summed E-state index contributed by atoms with van der Waals surface area (Å²) < 4.78 is 45.4. The van der Waals surface area contributed by atoms with Gasteiger partial charge < -0.3 is 24.2 Å². The molecule has 0 aromatic carbocycles. The Morgan fingerprint density at radius 3 is 2.18 bits per heavy atom. The number of carbonyl (C=O) groups excluding carboxylic acids is 4. The molecule has 3 N–H and O–H groups in total. The van der Waals surface area contributed by atoms with Crippen LogP contribution in [-0.4, -0.2) is 95.5 Å². The molecular formula is C24H34N8O10S2. The summed E-state index contributed by atoms with van der Waals surface area (Å²) in [5.74, 6) is -2.98. The number of amides is 3. The number of nitrogens with one attached hydrogen (secondary N) is 2. The minimum atomic E-state index is -4.98. The Morgan fingerprint density at radius 1 is 1.05 bits per heavy atom. The number of thiazole rings is 1. The number of ether oxygens (including phenoxy) is 2. The monoisotopic (exact) mass is 658 g/mol. The van der Waals surface area contributed by atoms with Crippen LogP contribution in [0.15, 0.2) is 23.2 Å². The van der Waals surface area contributed by atoms with Gasteiger partial charge in [-0.2, -0.15) is 8.42 Å². The molecule has 0 spiro atoms. The summed E-state index contributed by atoms with van der Waals surface area (Å²) in [4.78, 5) is 60.8. The van der Waals surface area contributed by atoms with Crippen LogP contribution in [-0.2, 0) is 45.5 Å². The number of hydrogen-bond acceptors (Lipinski definition) is 14. The third-order valence-electron chi connectivity index (χ3n) is 5.39. The van der Waals surface area contributed by atoms with Crippen molar-refractivity contribution in [3.05, 3.63) is 23.7 Å². The highest BCUT2D eigenvalue weighted by Crippen LogP contribution is 2.26. The Labute approximate surface area is 257 Å². The van der Waals surface area contributed by atoms with E-state index >= 15 is 0 Å². The number of β-lactam (4-membered cyclic amide) rings is 1. The summed E-state index contributed by atoms with van der Waals surface area (Å²) in [6.45, 7) is 12.5. The number of esters is 1. The number of hydrogen-bond donors (Lipinski definition) is 3. The van der Waals surface area contributed by atoms with Crippen LogP contribution in [0.3, 0.4) is 0 Å². The third-order valence-corrected chi connectivity index (χ3v) is 7.10. The maximum Gasteiger partial charge on any atom is 0.413 e. The molecule has 1 aliphatic heterocycles. The number of carbonyl (C=O) groups is 4. The second-order valence-electron chi connectivity index (χ2n) is 12.0. The number of oxime groups is 1. The largest absolute Gasteiger partial charge is 0.457 e. The molecule has 1 fully saturated rings. The fourth-order valence-corrected chi connectivity index (χ4v) is 5.07. The van der Waals surface area contributed by atoms with Crippen molar-refractivity contribution in [2.45, 2.75) is 90.8 Å². The SMILES string of the molecule is CC(C)(C)OC(=O)Nc1nc(C(=NOC(C)(C)C(=O)OC(C)(C)C)C(=O)N[C@@H]2C(=O)N(S(=O)(=O)O)[C@@H]2Cn2cnnc2)cs1. The van der Waals surface area contributed by atoms with Crippen LogP contribution in [0.1, 0.15) is 61.1 Å². The molecular weight excluding hydrogens is 624 g/mol. The Balaban J connectivity index is 1.92. The van der Waals surface area contributed by atoms with E-state index in [0.717, 1.165) is 11.3 Å². The van der Waals surface area contributed by atoms with Crippen molar-refractivity contribution in [1.29, 1.82) is 0 Å². The second-order valence-corrected chi connectivity index (χ2v) is 14.1. The summed E-state index contributed by atoms with van der Waals surface area (Å²) in [6.07, 6.45) is 1.68. The molecule has 3 amide bonds. The zero-order valence-electron chi connectivity index (χ0n) is 25.2. The van der Waals surface area contributed by atoms with Crippen LogP contribution in [0.4, 0.5) is 9.93 Å². The first-order valence-electron chi connectivity index (χ1n) is 13.0. The Morgan fingerprint density at radius 2 is 1.64 bits per heavy atom. The first kappa shape index (κ1) is 34.3. The zero-order chi connectivity index (χ0) is 33.3. The van der Waals surface area contributed by atoms with E-state index in [2.05, 4.69) is 31.0 Å². The van der Waals surface area contributed by atoms with Crippen LogP contribution in [0.2, 0.25) is 0 Å². The normalized spacial score (nSPS) is 17.9. The lowest BCUT2D eigenvalue weighted by atomic mass is 9.98. The predicted octanol–water partition coefficient (Wildman–Crippen LogP) is 1.12. The zero-order valence-corrected chi connectivity index (χ0v) is 26.8. The molecule has 18 nitrogen and oxygen atoms in total. The molecule has 3 rings (SSSR count). The quantitative estimate of drug-likeness (QED) is 0.107. The van der Waals surface area contributed by atoms with Gasteiger partial charge in [-0.3, -0.25) is 19.5 Å². The van der Waals surface area contributed by atoms with Crippen molar-refractivity contribution in [2.75, 3.05) is 5.32 Å². The summed E-state index contributed by atoms with van der Waals surface area (Å²) in [5, 5.41) is 17.3. The maximum atomic E-state index is 13.5. The lowest BCUT2D eigenvalue weighted by Crippen LogP contribution is -2.73. The van der Waals surface area contributed by atoms with E-state index in [9.17, 15) is 32.1 Å². The standard InChI is InChI=1S/C24H34N8O10S2/c1-22(2,3)40-19(35)24(7,8)42-30-15(13-10-43-20(27-13)29-21(36)41-23(4,5)6)17(33)28-16-14(9-31-11-25-26-12-31)32(18(16)34)44(37,38)39/h10-12,14,16H,9H2,1-8H3,(H,28,33)(H,27,29,36)(H,37,38,39)/t14-,16+/m1/s1. The van der Waals surface area contributed by atoms with Crippen molar-refractivity contribution in [2.24, 2.45) is 5.16 Å². The fourth-order valence-electron chi connectivity index (χ4n) is 3.52. The van der Waals surface area contributed by atoms with E-state index in [4.69, 9.17) is 14.3 Å². The lowest BCUT2D eigenvalue weighted by Gasteiger charge is -2.44. The molecule has 20 heteroatoms. The van der Waals surface area contributed by atoms with Crippen LogP contribution < -0.4 is 10.6 Å². The summed E-state index contributed by atoms with van der Waals surface area (Å²) in [6, 6.07) is -2.72. The fraction of sp³-hybridized carbons (Fsp3) is 0.583. The van der Waals surface area contributed by atoms with Crippen molar-refractivity contribution < 1.29 is 46.5 Å². The minimum Gasteiger partial charge on any atom is -0.457 e. The van der Waals surface area contributed by atoms with Crippen molar-refractivity contribution in [3.8, 4) is 0 Å². The average molecular weight is 659 g/mol. The van der Waals surface area contributed by atoms with E-state index in [1.807, 2.05) is 0 Å². The van der Waals surface area contributed by atoms with Gasteiger partial charge in [0.2, 0.25) is 5.60 Å². The van der Waals surface area contributed by atoms with Gasteiger partial charge in [0, 0.05) is 11.9 Å². The highest BCUT2D eigenvalue weighted by atomic mass is 32.2. The van der Waals surface area contributed by atoms with Crippen molar-refractivity contribution in [1.82, 2.24) is 29.4 Å². The maximum absolute atomic E-state index is 13.5. The molecule has 0 bridgehead atoms. The van der Waals surface area contributed by atoms with Gasteiger partial charge in [0.15, 0.2) is 10.8 Å². The molecule has 0 aliphatic carbocycles. The molecule has 0 saturated carbocycles. The van der Waals surface area contributed by atoms with Crippen LogP contribution >= 0.6 is 11.3 Å². The van der Waals surface area contributed by atoms with Gasteiger partial charge in [-0.25, -0.2) is 18.9 Å². The summed E-state index contributed by atoms with van der Waals surface area (Å²) in [5.41, 5.74) is -4.02. The number of nitrogens with zero attached hydrogens (tertiary/aromatic N) is 6. The third kappa shape index (κ3) is 8.92. The smallest absolute Gasteiger partial charge is 0.413 e. The second kappa shape index (κ2) is 12.4. The van der Waals surface area contributed by atoms with E-state index < -0.39 is 68.8 Å². The van der Waals surface area contributed by atoms with E-state index in [1.54, 1.807) is 41.5 Å². The Bertz CT molecular complexity index is 1540. The van der Waals surface area contributed by atoms with Gasteiger partial charge in [-0.15, -0.1) is 21.5 Å². The van der Waals surface area contributed by atoms with Gasteiger partial charge in [-0.1, -0.05) is 5.16 Å². The molecule has 44 heavy (non-hydrogen) atoms. The Kier molecular flexibility index (Phi) is 9.71. The predicted molar refractivity (Wildman–Crippen MR) is 154 cm³/mol. The minimum absolute atomic E-state index is 0.0175. The van der Waals surface area contributed by atoms with Crippen LogP contribution in [0.25, 0.3) is 0 Å². The number of aromatic nitrogens is 4. The van der Waals surface area contributed by atoms with Crippen LogP contribution in [0, 0.1) is 0 Å². The Hall–Kier alpha value is -4.17. The van der Waals surface area contributed by atoms with Crippen molar-refractivity contribution in [3.63, 3.8) is 0 Å². The molecule has 3 heterocycles. The molecule has 0 unspecified atom stereocenters. The lowest BCUT2D eigenvalue weighted by molar-refractivity contribution is -0.179. The molecule has 2 aromatic rings. The van der Waals surface area contributed by atoms with Gasteiger partial charge in [0.1, 0.15) is 35.6 Å². The average Bonchev–Trinajstić information content (AvgIpc) is 3.51. The van der Waals surface area contributed by atoms with E-state index in [0.29, 0.717) is 0 Å². The van der Waals surface area contributed by atoms with Gasteiger partial charge in [-0.05, 0) is 55.4 Å². The number of rotatable bonds is 10. The molecule has 2 aromatic heterocycles. The first-order valence-corrected chi connectivity index (χ1v) is 15.2. The molecule has 2 atom stereocenters. The van der Waals surface area contributed by atoms with E-state index in [1.165, 1.54) is 36.4 Å². The topological polar surface area (TPSA) is 234 Å². The van der Waals surface area contributed by atoms with Crippen LogP contribution in [0.5, 0.6) is 0 Å². The molecule has 242 valence electrons. The summed E-state index contributed by atoms with van der Waals surface area (Å²) >= 11 is 0.908. The van der Waals surface area contributed by atoms with Gasteiger partial charge >= 0.3 is 22.4 Å². The van der Waals surface area contributed by atoms with Gasteiger partial charge in [0.05, 0.1) is 6.04 Å². The summed E-state index contributed by atoms with van der Waals surface area (Å²) in [7, 11) is -4.98.